The third-order valence-electron chi connectivity index (χ3n) is 3.05. The average molecular weight is 333 g/mol. The molecule has 0 amide bonds. The fraction of sp³-hybridized carbons (Fsp3) is 0.125. The van der Waals surface area contributed by atoms with Gasteiger partial charge in [0.05, 0.1) is 16.8 Å². The molecule has 22 heavy (non-hydrogen) atoms. The van der Waals surface area contributed by atoms with Gasteiger partial charge in [0.15, 0.2) is 0 Å². The summed E-state index contributed by atoms with van der Waals surface area (Å²) in [7, 11) is 0. The van der Waals surface area contributed by atoms with Gasteiger partial charge in [-0.15, -0.1) is 0 Å². The standard InChI is InChI=1S/C16H13ClN2O2S/c1-11-4-2-3-5-13(11)16(22)14-10-12(17)6-7-15(14)18-8-9-19(20)21/h2-8,10H,9H2,1H3. The molecule has 0 fully saturated rings. The van der Waals surface area contributed by atoms with Gasteiger partial charge in [-0.2, -0.15) is 0 Å². The van der Waals surface area contributed by atoms with Gasteiger partial charge in [-0.1, -0.05) is 48.1 Å². The molecule has 6 heteroatoms. The van der Waals surface area contributed by atoms with Crippen LogP contribution in [0.1, 0.15) is 16.7 Å². The summed E-state index contributed by atoms with van der Waals surface area (Å²) < 4.78 is 0. The zero-order chi connectivity index (χ0) is 16.1. The smallest absolute Gasteiger partial charge is 0.238 e. The molecule has 0 aliphatic carbocycles. The first kappa shape index (κ1) is 16.3. The molecule has 0 atom stereocenters. The van der Waals surface area contributed by atoms with Gasteiger partial charge in [-0.3, -0.25) is 15.1 Å². The van der Waals surface area contributed by atoms with Crippen LogP contribution in [0.3, 0.4) is 0 Å². The van der Waals surface area contributed by atoms with Crippen molar-refractivity contribution in [2.75, 3.05) is 6.54 Å². The highest BCUT2D eigenvalue weighted by Gasteiger charge is 2.12. The third-order valence-corrected chi connectivity index (χ3v) is 3.73. The molecule has 2 aromatic rings. The molecule has 2 rings (SSSR count). The van der Waals surface area contributed by atoms with Crippen LogP contribution in [0.15, 0.2) is 47.5 Å². The number of hydrogen-bond acceptors (Lipinski definition) is 4. The predicted octanol–water partition coefficient (Wildman–Crippen LogP) is 4.39. The Morgan fingerprint density at radius 3 is 2.73 bits per heavy atom. The minimum atomic E-state index is -0.446. The number of aryl methyl sites for hydroxylation is 1. The van der Waals surface area contributed by atoms with Gasteiger partial charge < -0.3 is 0 Å². The largest absolute Gasteiger partial charge is 0.264 e. The quantitative estimate of drug-likeness (QED) is 0.268. The van der Waals surface area contributed by atoms with E-state index in [-0.39, 0.29) is 6.54 Å². The lowest BCUT2D eigenvalue weighted by Gasteiger charge is -2.10. The number of aliphatic imine (C=N–C) groups is 1. The molecule has 0 heterocycles. The molecule has 0 saturated carbocycles. The van der Waals surface area contributed by atoms with Crippen molar-refractivity contribution < 1.29 is 4.92 Å². The highest BCUT2D eigenvalue weighted by Crippen LogP contribution is 2.27. The minimum absolute atomic E-state index is 0.334. The number of rotatable bonds is 5. The van der Waals surface area contributed by atoms with Crippen molar-refractivity contribution in [2.45, 2.75) is 6.92 Å². The summed E-state index contributed by atoms with van der Waals surface area (Å²) in [5.41, 5.74) is 3.23. The van der Waals surface area contributed by atoms with Gasteiger partial charge in [0.2, 0.25) is 6.54 Å². The Morgan fingerprint density at radius 2 is 2.05 bits per heavy atom. The average Bonchev–Trinajstić information content (AvgIpc) is 2.48. The summed E-state index contributed by atoms with van der Waals surface area (Å²) in [6.07, 6.45) is 1.26. The van der Waals surface area contributed by atoms with Crippen molar-refractivity contribution in [1.29, 1.82) is 0 Å². The summed E-state index contributed by atoms with van der Waals surface area (Å²) in [6.45, 7) is 1.64. The maximum atomic E-state index is 10.4. The molecule has 0 aromatic heterocycles. The summed E-state index contributed by atoms with van der Waals surface area (Å²) in [5.74, 6) is 0. The first-order valence-electron chi connectivity index (χ1n) is 6.53. The zero-order valence-corrected chi connectivity index (χ0v) is 13.4. The highest BCUT2D eigenvalue weighted by atomic mass is 35.5. The Morgan fingerprint density at radius 1 is 1.32 bits per heavy atom. The van der Waals surface area contributed by atoms with Crippen LogP contribution in [-0.2, 0) is 0 Å². The molecule has 0 radical (unpaired) electrons. The van der Waals surface area contributed by atoms with Crippen molar-refractivity contribution in [2.24, 2.45) is 4.99 Å². The lowest BCUT2D eigenvalue weighted by Crippen LogP contribution is -2.04. The maximum absolute atomic E-state index is 10.4. The third kappa shape index (κ3) is 3.96. The Labute approximate surface area is 138 Å². The molecular formula is C16H13ClN2O2S. The fourth-order valence-electron chi connectivity index (χ4n) is 1.98. The number of nitrogens with zero attached hydrogens (tertiary/aromatic N) is 2. The van der Waals surface area contributed by atoms with Gasteiger partial charge in [0.1, 0.15) is 0 Å². The van der Waals surface area contributed by atoms with Crippen LogP contribution in [0.4, 0.5) is 5.69 Å². The first-order chi connectivity index (χ1) is 10.5. The van der Waals surface area contributed by atoms with Crippen molar-refractivity contribution >= 4 is 40.6 Å². The van der Waals surface area contributed by atoms with E-state index < -0.39 is 4.92 Å². The van der Waals surface area contributed by atoms with E-state index in [4.69, 9.17) is 23.8 Å². The molecular weight excluding hydrogens is 320 g/mol. The van der Waals surface area contributed by atoms with Gasteiger partial charge in [0.25, 0.3) is 0 Å². The van der Waals surface area contributed by atoms with Crippen LogP contribution < -0.4 is 0 Å². The summed E-state index contributed by atoms with van der Waals surface area (Å²) >= 11 is 11.6. The van der Waals surface area contributed by atoms with E-state index >= 15 is 0 Å². The molecule has 0 N–H and O–H groups in total. The summed E-state index contributed by atoms with van der Waals surface area (Å²) in [5, 5.41) is 10.9. The van der Waals surface area contributed by atoms with Gasteiger partial charge in [-0.05, 0) is 36.2 Å². The summed E-state index contributed by atoms with van der Waals surface area (Å²) in [4.78, 5) is 14.7. The number of benzene rings is 2. The highest BCUT2D eigenvalue weighted by molar-refractivity contribution is 7.81. The zero-order valence-electron chi connectivity index (χ0n) is 11.8. The van der Waals surface area contributed by atoms with Crippen LogP contribution in [0, 0.1) is 17.0 Å². The molecule has 4 nitrogen and oxygen atoms in total. The van der Waals surface area contributed by atoms with Crippen LogP contribution in [0.2, 0.25) is 5.02 Å². The van der Waals surface area contributed by atoms with E-state index in [0.717, 1.165) is 11.1 Å². The van der Waals surface area contributed by atoms with Gasteiger partial charge in [-0.25, -0.2) is 0 Å². The number of hydrogen-bond donors (Lipinski definition) is 0. The Balaban J connectivity index is 2.43. The lowest BCUT2D eigenvalue weighted by atomic mass is 9.99. The van der Waals surface area contributed by atoms with E-state index in [2.05, 4.69) is 4.99 Å². The minimum Gasteiger partial charge on any atom is -0.264 e. The predicted molar refractivity (Wildman–Crippen MR) is 93.4 cm³/mol. The van der Waals surface area contributed by atoms with E-state index in [1.54, 1.807) is 18.2 Å². The Bertz CT molecular complexity index is 760. The van der Waals surface area contributed by atoms with E-state index in [9.17, 15) is 10.1 Å². The molecule has 112 valence electrons. The number of halogens is 1. The van der Waals surface area contributed by atoms with Crippen molar-refractivity contribution in [1.82, 2.24) is 0 Å². The second-order valence-corrected chi connectivity index (χ2v) is 5.48. The van der Waals surface area contributed by atoms with Crippen molar-refractivity contribution in [3.05, 3.63) is 74.3 Å². The Kier molecular flexibility index (Phi) is 5.35. The molecule has 0 bridgehead atoms. The normalized spacial score (nSPS) is 10.8. The molecule has 0 saturated heterocycles. The van der Waals surface area contributed by atoms with Crippen LogP contribution in [0.25, 0.3) is 0 Å². The second kappa shape index (κ2) is 7.24. The van der Waals surface area contributed by atoms with E-state index in [0.29, 0.717) is 21.1 Å². The summed E-state index contributed by atoms with van der Waals surface area (Å²) in [6, 6.07) is 12.9. The maximum Gasteiger partial charge on any atom is 0.238 e. The number of thiocarbonyl (C=S) groups is 1. The molecule has 0 spiro atoms. The van der Waals surface area contributed by atoms with Gasteiger partial charge in [0, 0.05) is 15.5 Å². The first-order valence-corrected chi connectivity index (χ1v) is 7.32. The van der Waals surface area contributed by atoms with Crippen LogP contribution in [-0.4, -0.2) is 22.5 Å². The van der Waals surface area contributed by atoms with Gasteiger partial charge >= 0.3 is 0 Å². The van der Waals surface area contributed by atoms with Crippen LogP contribution >= 0.6 is 23.8 Å². The van der Waals surface area contributed by atoms with E-state index in [1.807, 2.05) is 31.2 Å². The fourth-order valence-corrected chi connectivity index (χ4v) is 2.55. The molecule has 2 aromatic carbocycles. The molecule has 0 aliphatic rings. The molecule has 0 aliphatic heterocycles. The SMILES string of the molecule is Cc1ccccc1C(=S)c1cc(Cl)ccc1N=CC[N+](=O)[O-]. The number of nitro groups is 1. The van der Waals surface area contributed by atoms with Crippen molar-refractivity contribution in [3.63, 3.8) is 0 Å². The van der Waals surface area contributed by atoms with Crippen LogP contribution in [0.5, 0.6) is 0 Å². The van der Waals surface area contributed by atoms with Crippen molar-refractivity contribution in [3.8, 4) is 0 Å². The van der Waals surface area contributed by atoms with E-state index in [1.165, 1.54) is 6.21 Å². The Hall–Kier alpha value is -2.11. The lowest BCUT2D eigenvalue weighted by molar-refractivity contribution is -0.462. The molecule has 0 unspecified atom stereocenters. The monoisotopic (exact) mass is 332 g/mol. The second-order valence-electron chi connectivity index (χ2n) is 4.63. The topological polar surface area (TPSA) is 55.5 Å².